The Balaban J connectivity index is 1.71. The van der Waals surface area contributed by atoms with E-state index in [1.165, 1.54) is 4.90 Å². The number of hydrogen-bond acceptors (Lipinski definition) is 3. The number of benzene rings is 1. The third kappa shape index (κ3) is 2.76. The minimum absolute atomic E-state index is 0.0709. The Labute approximate surface area is 142 Å². The van der Waals surface area contributed by atoms with Crippen LogP contribution in [0.3, 0.4) is 0 Å². The lowest BCUT2D eigenvalue weighted by Gasteiger charge is -2.25. The van der Waals surface area contributed by atoms with Crippen LogP contribution >= 0.6 is 0 Å². The molecule has 1 aliphatic rings. The molecule has 0 saturated carbocycles. The number of hydrogen-bond donors (Lipinski definition) is 1. The smallest absolute Gasteiger partial charge is 0.255 e. The number of likely N-dealkylation sites (tertiary alicyclic amines) is 1. The number of halogens is 2. The van der Waals surface area contributed by atoms with Crippen molar-refractivity contribution in [1.82, 2.24) is 14.3 Å². The van der Waals surface area contributed by atoms with Crippen molar-refractivity contribution in [1.29, 1.82) is 0 Å². The van der Waals surface area contributed by atoms with Gasteiger partial charge in [0.2, 0.25) is 0 Å². The van der Waals surface area contributed by atoms with Crippen molar-refractivity contribution in [2.24, 2.45) is 0 Å². The summed E-state index contributed by atoms with van der Waals surface area (Å²) in [5.41, 5.74) is 1.31. The molecule has 0 radical (unpaired) electrons. The summed E-state index contributed by atoms with van der Waals surface area (Å²) in [6.07, 6.45) is 4.26. The normalized spacial score (nSPS) is 20.4. The molecule has 7 heteroatoms. The zero-order valence-electron chi connectivity index (χ0n) is 13.1. The van der Waals surface area contributed by atoms with Crippen LogP contribution in [0.15, 0.2) is 49.1 Å². The van der Waals surface area contributed by atoms with E-state index < -0.39 is 23.8 Å². The van der Waals surface area contributed by atoms with Crippen LogP contribution in [0.2, 0.25) is 0 Å². The van der Waals surface area contributed by atoms with Gasteiger partial charge in [-0.25, -0.2) is 13.8 Å². The van der Waals surface area contributed by atoms with Gasteiger partial charge in [-0.15, -0.1) is 0 Å². The van der Waals surface area contributed by atoms with Gasteiger partial charge in [0, 0.05) is 18.3 Å². The van der Waals surface area contributed by atoms with E-state index in [1.54, 1.807) is 35.3 Å². The Hall–Kier alpha value is -2.80. The van der Waals surface area contributed by atoms with Crippen molar-refractivity contribution in [3.05, 3.63) is 71.8 Å². The van der Waals surface area contributed by atoms with Gasteiger partial charge >= 0.3 is 0 Å². The lowest BCUT2D eigenvalue weighted by molar-refractivity contribution is 0.0713. The van der Waals surface area contributed by atoms with Gasteiger partial charge in [-0.2, -0.15) is 0 Å². The third-order valence-electron chi connectivity index (χ3n) is 4.51. The van der Waals surface area contributed by atoms with Crippen LogP contribution in [0.1, 0.15) is 28.4 Å². The molecule has 4 rings (SSSR count). The second kappa shape index (κ2) is 5.93. The fourth-order valence-electron chi connectivity index (χ4n) is 3.32. The highest BCUT2D eigenvalue weighted by molar-refractivity contribution is 5.94. The van der Waals surface area contributed by atoms with Crippen LogP contribution < -0.4 is 0 Å². The van der Waals surface area contributed by atoms with Gasteiger partial charge in [0.15, 0.2) is 0 Å². The molecule has 1 aromatic carbocycles. The zero-order chi connectivity index (χ0) is 17.6. The highest BCUT2D eigenvalue weighted by atomic mass is 19.1. The molecule has 1 N–H and O–H groups in total. The summed E-state index contributed by atoms with van der Waals surface area (Å²) < 4.78 is 29.4. The summed E-state index contributed by atoms with van der Waals surface area (Å²) in [5, 5.41) is 10.0. The molecule has 1 fully saturated rings. The van der Waals surface area contributed by atoms with E-state index >= 15 is 0 Å². The van der Waals surface area contributed by atoms with E-state index in [4.69, 9.17) is 0 Å². The molecule has 2 atom stereocenters. The highest BCUT2D eigenvalue weighted by Crippen LogP contribution is 2.35. The lowest BCUT2D eigenvalue weighted by Crippen LogP contribution is -2.32. The Morgan fingerprint density at radius 3 is 2.92 bits per heavy atom. The lowest BCUT2D eigenvalue weighted by atomic mass is 10.0. The number of rotatable bonds is 2. The van der Waals surface area contributed by atoms with Crippen molar-refractivity contribution in [2.45, 2.75) is 18.6 Å². The Morgan fingerprint density at radius 1 is 1.24 bits per heavy atom. The number of carbonyl (C=O) groups excluding carboxylic acids is 1. The van der Waals surface area contributed by atoms with Crippen molar-refractivity contribution in [3.63, 3.8) is 0 Å². The van der Waals surface area contributed by atoms with E-state index in [2.05, 4.69) is 4.98 Å². The molecule has 5 nitrogen and oxygen atoms in total. The molecular formula is C18H15F2N3O2. The van der Waals surface area contributed by atoms with Crippen molar-refractivity contribution < 1.29 is 18.7 Å². The first kappa shape index (κ1) is 15.7. The maximum Gasteiger partial charge on any atom is 0.255 e. The van der Waals surface area contributed by atoms with Gasteiger partial charge in [-0.05, 0) is 36.8 Å². The number of amides is 1. The Morgan fingerprint density at radius 2 is 2.08 bits per heavy atom. The Bertz CT molecular complexity index is 956. The minimum atomic E-state index is -0.784. The number of aliphatic hydroxyl groups excluding tert-OH is 1. The quantitative estimate of drug-likeness (QED) is 0.778. The van der Waals surface area contributed by atoms with Crippen molar-refractivity contribution >= 4 is 11.4 Å². The molecule has 1 aliphatic heterocycles. The molecule has 1 saturated heterocycles. The maximum absolute atomic E-state index is 14.2. The standard InChI is InChI=1S/C18H15F2N3O2/c19-12-2-4-16(20)15(5-12)17-6-14(24)9-23(17)18(25)11-1-3-13-7-21-10-22(13)8-11/h1-5,7-8,10,14,17,24H,6,9H2/t14-,17-/m1/s1. The van der Waals surface area contributed by atoms with Crippen LogP contribution in [0.4, 0.5) is 8.78 Å². The molecule has 2 aromatic heterocycles. The van der Waals surface area contributed by atoms with Gasteiger partial charge < -0.3 is 14.4 Å². The average molecular weight is 343 g/mol. The van der Waals surface area contributed by atoms with Crippen LogP contribution in [0, 0.1) is 11.6 Å². The predicted molar refractivity (Wildman–Crippen MR) is 86.0 cm³/mol. The summed E-state index contributed by atoms with van der Waals surface area (Å²) >= 11 is 0. The summed E-state index contributed by atoms with van der Waals surface area (Å²) in [4.78, 5) is 18.3. The molecular weight excluding hydrogens is 328 g/mol. The van der Waals surface area contributed by atoms with Crippen LogP contribution in [-0.2, 0) is 0 Å². The van der Waals surface area contributed by atoms with E-state index in [9.17, 15) is 18.7 Å². The zero-order valence-corrected chi connectivity index (χ0v) is 13.1. The number of pyridine rings is 1. The van der Waals surface area contributed by atoms with Gasteiger partial charge in [0.25, 0.3) is 5.91 Å². The first-order valence-corrected chi connectivity index (χ1v) is 7.88. The summed E-state index contributed by atoms with van der Waals surface area (Å²) in [6, 6.07) is 5.85. The second-order valence-corrected chi connectivity index (χ2v) is 6.17. The topological polar surface area (TPSA) is 57.8 Å². The van der Waals surface area contributed by atoms with E-state index in [-0.39, 0.29) is 24.4 Å². The first-order chi connectivity index (χ1) is 12.0. The molecule has 0 aliphatic carbocycles. The van der Waals surface area contributed by atoms with Crippen molar-refractivity contribution in [2.75, 3.05) is 6.54 Å². The molecule has 25 heavy (non-hydrogen) atoms. The number of aromatic nitrogens is 2. The molecule has 0 bridgehead atoms. The monoisotopic (exact) mass is 343 g/mol. The van der Waals surface area contributed by atoms with Gasteiger partial charge in [0.1, 0.15) is 11.6 Å². The van der Waals surface area contributed by atoms with Crippen LogP contribution in [-0.4, -0.2) is 37.9 Å². The number of carbonyl (C=O) groups is 1. The van der Waals surface area contributed by atoms with Gasteiger partial charge in [-0.1, -0.05) is 0 Å². The van der Waals surface area contributed by atoms with E-state index in [1.807, 2.05) is 0 Å². The molecule has 1 amide bonds. The first-order valence-electron chi connectivity index (χ1n) is 7.88. The average Bonchev–Trinajstić information content (AvgIpc) is 3.22. The van der Waals surface area contributed by atoms with E-state index in [0.717, 1.165) is 23.7 Å². The van der Waals surface area contributed by atoms with Gasteiger partial charge in [-0.3, -0.25) is 4.79 Å². The predicted octanol–water partition coefficient (Wildman–Crippen LogP) is 2.56. The number of aliphatic hydroxyl groups is 1. The molecule has 3 aromatic rings. The molecule has 0 spiro atoms. The Kier molecular flexibility index (Phi) is 3.73. The van der Waals surface area contributed by atoms with Crippen LogP contribution in [0.5, 0.6) is 0 Å². The minimum Gasteiger partial charge on any atom is -0.391 e. The molecule has 3 heterocycles. The number of nitrogens with zero attached hydrogens (tertiary/aromatic N) is 3. The van der Waals surface area contributed by atoms with Crippen LogP contribution in [0.25, 0.3) is 5.52 Å². The van der Waals surface area contributed by atoms with Crippen molar-refractivity contribution in [3.8, 4) is 0 Å². The SMILES string of the molecule is O=C(c1ccc2cncn2c1)N1C[C@H](O)C[C@@H]1c1cc(F)ccc1F. The molecule has 0 unspecified atom stereocenters. The fraction of sp³-hybridized carbons (Fsp3) is 0.222. The number of β-amino-alcohol motifs (C(OH)–C–C–N with tert-alkyl or cyclic N) is 1. The summed E-state index contributed by atoms with van der Waals surface area (Å²) in [7, 11) is 0. The summed E-state index contributed by atoms with van der Waals surface area (Å²) in [5.74, 6) is -1.52. The third-order valence-corrected chi connectivity index (χ3v) is 4.51. The largest absolute Gasteiger partial charge is 0.391 e. The number of imidazole rings is 1. The maximum atomic E-state index is 14.2. The number of fused-ring (bicyclic) bond motifs is 1. The summed E-state index contributed by atoms with van der Waals surface area (Å²) in [6.45, 7) is 0.0709. The van der Waals surface area contributed by atoms with E-state index in [0.29, 0.717) is 5.56 Å². The highest BCUT2D eigenvalue weighted by Gasteiger charge is 2.37. The van der Waals surface area contributed by atoms with Gasteiger partial charge in [0.05, 0.1) is 35.8 Å². The fourth-order valence-corrected chi connectivity index (χ4v) is 3.32. The second-order valence-electron chi connectivity index (χ2n) is 6.17. The molecule has 128 valence electrons.